The van der Waals surface area contributed by atoms with E-state index in [1.807, 2.05) is 0 Å². The third-order valence-corrected chi connectivity index (χ3v) is 4.23. The minimum Gasteiger partial charge on any atom is -0.330 e. The zero-order valence-corrected chi connectivity index (χ0v) is 14.5. The number of unbranched alkanes of at least 4 members (excludes halogenated alkanes) is 1. The maximum atomic E-state index is 5.64. The van der Waals surface area contributed by atoms with Crippen LogP contribution < -0.4 is 5.73 Å². The first-order valence-corrected chi connectivity index (χ1v) is 9.01. The van der Waals surface area contributed by atoms with Crippen molar-refractivity contribution in [2.24, 2.45) is 11.7 Å². The summed E-state index contributed by atoms with van der Waals surface area (Å²) in [6, 6.07) is 21.0. The van der Waals surface area contributed by atoms with E-state index in [9.17, 15) is 0 Å². The van der Waals surface area contributed by atoms with Gasteiger partial charge in [0.15, 0.2) is 0 Å². The second kappa shape index (κ2) is 11.4. The van der Waals surface area contributed by atoms with Gasteiger partial charge < -0.3 is 5.73 Å². The summed E-state index contributed by atoms with van der Waals surface area (Å²) in [5, 5.41) is 0. The lowest BCUT2D eigenvalue weighted by molar-refractivity contribution is 0.472. The van der Waals surface area contributed by atoms with Crippen molar-refractivity contribution >= 4 is 12.2 Å². The van der Waals surface area contributed by atoms with Crippen molar-refractivity contribution in [1.82, 2.24) is 0 Å². The molecule has 0 spiro atoms. The van der Waals surface area contributed by atoms with Gasteiger partial charge in [0.25, 0.3) is 0 Å². The standard InChI is InChI=1S/C23H29N/c24-20-8-7-15-23(18-9-16-21-11-3-1-4-12-21)19-10-17-22-13-5-2-6-14-22/h1-6,9-14,16-17,23H,7-8,15,18-20,24H2. The van der Waals surface area contributed by atoms with Crippen LogP contribution in [-0.2, 0) is 0 Å². The van der Waals surface area contributed by atoms with Crippen molar-refractivity contribution in [2.75, 3.05) is 6.54 Å². The third kappa shape index (κ3) is 7.43. The Bertz CT molecular complexity index is 547. The first-order chi connectivity index (χ1) is 11.9. The highest BCUT2D eigenvalue weighted by Gasteiger charge is 2.05. The van der Waals surface area contributed by atoms with Crippen LogP contribution in [0.2, 0.25) is 0 Å². The number of nitrogens with two attached hydrogens (primary N) is 1. The van der Waals surface area contributed by atoms with E-state index >= 15 is 0 Å². The van der Waals surface area contributed by atoms with Crippen molar-refractivity contribution in [3.63, 3.8) is 0 Å². The predicted molar refractivity (Wildman–Crippen MR) is 107 cm³/mol. The fourth-order valence-electron chi connectivity index (χ4n) is 2.83. The lowest BCUT2D eigenvalue weighted by Gasteiger charge is -2.12. The van der Waals surface area contributed by atoms with Crippen molar-refractivity contribution in [2.45, 2.75) is 32.1 Å². The van der Waals surface area contributed by atoms with E-state index in [1.165, 1.54) is 24.0 Å². The molecule has 0 saturated carbocycles. The van der Waals surface area contributed by atoms with Crippen LogP contribution in [0.1, 0.15) is 43.2 Å². The van der Waals surface area contributed by atoms with Crippen LogP contribution in [0.4, 0.5) is 0 Å². The van der Waals surface area contributed by atoms with Gasteiger partial charge in [-0.1, -0.05) is 91.4 Å². The number of hydrogen-bond donors (Lipinski definition) is 1. The Morgan fingerprint density at radius 3 is 1.67 bits per heavy atom. The zero-order chi connectivity index (χ0) is 16.9. The Kier molecular flexibility index (Phi) is 8.67. The Labute approximate surface area is 146 Å². The van der Waals surface area contributed by atoms with E-state index in [4.69, 9.17) is 5.73 Å². The number of benzene rings is 2. The molecule has 126 valence electrons. The molecule has 1 heteroatoms. The Morgan fingerprint density at radius 2 is 1.21 bits per heavy atom. The molecule has 0 saturated heterocycles. The van der Waals surface area contributed by atoms with Crippen LogP contribution >= 0.6 is 0 Å². The molecule has 0 amide bonds. The molecule has 1 nitrogen and oxygen atoms in total. The summed E-state index contributed by atoms with van der Waals surface area (Å²) >= 11 is 0. The first-order valence-electron chi connectivity index (χ1n) is 9.01. The highest BCUT2D eigenvalue weighted by atomic mass is 14.5. The Morgan fingerprint density at radius 1 is 0.708 bits per heavy atom. The average Bonchev–Trinajstić information content (AvgIpc) is 2.63. The van der Waals surface area contributed by atoms with Crippen LogP contribution in [0.5, 0.6) is 0 Å². The Hall–Kier alpha value is -2.12. The van der Waals surface area contributed by atoms with Gasteiger partial charge in [-0.15, -0.1) is 0 Å². The highest BCUT2D eigenvalue weighted by Crippen LogP contribution is 2.19. The lowest BCUT2D eigenvalue weighted by Crippen LogP contribution is -2.02. The molecule has 24 heavy (non-hydrogen) atoms. The topological polar surface area (TPSA) is 26.0 Å². The summed E-state index contributed by atoms with van der Waals surface area (Å²) in [4.78, 5) is 0. The number of allylic oxidation sites excluding steroid dienone is 2. The van der Waals surface area contributed by atoms with E-state index in [0.29, 0.717) is 5.92 Å². The molecule has 2 rings (SSSR count). The Balaban J connectivity index is 1.86. The summed E-state index contributed by atoms with van der Waals surface area (Å²) < 4.78 is 0. The third-order valence-electron chi connectivity index (χ3n) is 4.23. The largest absolute Gasteiger partial charge is 0.330 e. The number of rotatable bonds is 10. The van der Waals surface area contributed by atoms with Crippen molar-refractivity contribution in [3.05, 3.63) is 83.9 Å². The van der Waals surface area contributed by atoms with E-state index in [1.54, 1.807) is 0 Å². The summed E-state index contributed by atoms with van der Waals surface area (Å²) in [6.07, 6.45) is 14.9. The zero-order valence-electron chi connectivity index (χ0n) is 14.5. The van der Waals surface area contributed by atoms with E-state index < -0.39 is 0 Å². The van der Waals surface area contributed by atoms with Gasteiger partial charge in [-0.25, -0.2) is 0 Å². The highest BCUT2D eigenvalue weighted by molar-refractivity contribution is 5.49. The van der Waals surface area contributed by atoms with Gasteiger partial charge in [-0.2, -0.15) is 0 Å². The maximum absolute atomic E-state index is 5.64. The van der Waals surface area contributed by atoms with Crippen molar-refractivity contribution in [3.8, 4) is 0 Å². The fourth-order valence-corrected chi connectivity index (χ4v) is 2.83. The van der Waals surface area contributed by atoms with Gasteiger partial charge in [-0.05, 0) is 49.3 Å². The quantitative estimate of drug-likeness (QED) is 0.539. The van der Waals surface area contributed by atoms with E-state index in [2.05, 4.69) is 85.0 Å². The summed E-state index contributed by atoms with van der Waals surface area (Å²) in [7, 11) is 0. The first kappa shape index (κ1) is 18.2. The van der Waals surface area contributed by atoms with E-state index in [0.717, 1.165) is 25.8 Å². The van der Waals surface area contributed by atoms with Crippen LogP contribution in [0.15, 0.2) is 72.8 Å². The van der Waals surface area contributed by atoms with Crippen molar-refractivity contribution in [1.29, 1.82) is 0 Å². The van der Waals surface area contributed by atoms with Gasteiger partial charge in [0, 0.05) is 0 Å². The molecule has 0 radical (unpaired) electrons. The summed E-state index contributed by atoms with van der Waals surface area (Å²) in [5.74, 6) is 0.691. The van der Waals surface area contributed by atoms with Crippen molar-refractivity contribution < 1.29 is 0 Å². The van der Waals surface area contributed by atoms with Crippen LogP contribution in [-0.4, -0.2) is 6.54 Å². The van der Waals surface area contributed by atoms with Crippen LogP contribution in [0.25, 0.3) is 12.2 Å². The SMILES string of the molecule is NCCCCC(CC=Cc1ccccc1)CC=Cc1ccccc1. The molecule has 2 N–H and O–H groups in total. The monoisotopic (exact) mass is 319 g/mol. The lowest BCUT2D eigenvalue weighted by atomic mass is 9.94. The minimum absolute atomic E-state index is 0.691. The molecule has 2 aromatic rings. The van der Waals surface area contributed by atoms with Gasteiger partial charge in [0.1, 0.15) is 0 Å². The maximum Gasteiger partial charge on any atom is -0.00773 e. The summed E-state index contributed by atoms with van der Waals surface area (Å²) in [5.41, 5.74) is 8.19. The molecule has 0 aliphatic heterocycles. The molecule has 2 aromatic carbocycles. The molecule has 0 aliphatic rings. The van der Waals surface area contributed by atoms with Gasteiger partial charge in [-0.3, -0.25) is 0 Å². The second-order valence-corrected chi connectivity index (χ2v) is 6.25. The van der Waals surface area contributed by atoms with Crippen LogP contribution in [0, 0.1) is 5.92 Å². The molecular formula is C23H29N. The smallest absolute Gasteiger partial charge is 0.00773 e. The number of hydrogen-bond acceptors (Lipinski definition) is 1. The molecule has 0 bridgehead atoms. The molecule has 0 heterocycles. The fraction of sp³-hybridized carbons (Fsp3) is 0.304. The molecular weight excluding hydrogens is 290 g/mol. The normalized spacial score (nSPS) is 12.9. The predicted octanol–water partition coefficient (Wildman–Crippen LogP) is 5.94. The average molecular weight is 319 g/mol. The molecule has 0 aliphatic carbocycles. The van der Waals surface area contributed by atoms with Gasteiger partial charge >= 0.3 is 0 Å². The van der Waals surface area contributed by atoms with Gasteiger partial charge in [0.05, 0.1) is 0 Å². The van der Waals surface area contributed by atoms with E-state index in [-0.39, 0.29) is 0 Å². The molecule has 0 atom stereocenters. The van der Waals surface area contributed by atoms with Crippen LogP contribution in [0.3, 0.4) is 0 Å². The molecule has 0 fully saturated rings. The second-order valence-electron chi connectivity index (χ2n) is 6.25. The minimum atomic E-state index is 0.691. The van der Waals surface area contributed by atoms with Gasteiger partial charge in [0.2, 0.25) is 0 Å². The summed E-state index contributed by atoms with van der Waals surface area (Å²) in [6.45, 7) is 0.798. The molecule has 0 unspecified atom stereocenters. The molecule has 0 aromatic heterocycles.